The Morgan fingerprint density at radius 2 is 1.81 bits per heavy atom. The minimum Gasteiger partial charge on any atom is -0.454 e. The first-order valence-electron chi connectivity index (χ1n) is 8.52. The lowest BCUT2D eigenvalue weighted by Gasteiger charge is -2.21. The van der Waals surface area contributed by atoms with Crippen LogP contribution in [0.5, 0.6) is 11.5 Å². The van der Waals surface area contributed by atoms with E-state index in [1.165, 1.54) is 6.92 Å². The Morgan fingerprint density at radius 3 is 2.54 bits per heavy atom. The summed E-state index contributed by atoms with van der Waals surface area (Å²) in [5.74, 6) is 1.22. The van der Waals surface area contributed by atoms with Gasteiger partial charge in [-0.3, -0.25) is 9.59 Å². The van der Waals surface area contributed by atoms with Gasteiger partial charge in [0, 0.05) is 32.1 Å². The van der Waals surface area contributed by atoms with Gasteiger partial charge in [-0.2, -0.15) is 0 Å². The highest BCUT2D eigenvalue weighted by atomic mass is 16.7. The van der Waals surface area contributed by atoms with Crippen molar-refractivity contribution in [3.63, 3.8) is 0 Å². The molecule has 1 aliphatic heterocycles. The van der Waals surface area contributed by atoms with Gasteiger partial charge < -0.3 is 19.7 Å². The number of aryl methyl sites for hydroxylation is 1. The van der Waals surface area contributed by atoms with E-state index in [1.807, 2.05) is 37.3 Å². The lowest BCUT2D eigenvalue weighted by atomic mass is 10.1. The van der Waals surface area contributed by atoms with Crippen molar-refractivity contribution in [1.82, 2.24) is 10.2 Å². The molecule has 0 atom stereocenters. The lowest BCUT2D eigenvalue weighted by Crippen LogP contribution is -2.37. The molecular formula is C20H22N2O4. The molecule has 2 amide bonds. The third-order valence-electron chi connectivity index (χ3n) is 4.24. The van der Waals surface area contributed by atoms with Gasteiger partial charge in [0.15, 0.2) is 11.5 Å². The maximum Gasteiger partial charge on any atom is 0.251 e. The summed E-state index contributed by atoms with van der Waals surface area (Å²) in [4.78, 5) is 25.8. The van der Waals surface area contributed by atoms with Crippen LogP contribution in [-0.4, -0.2) is 36.6 Å². The van der Waals surface area contributed by atoms with Gasteiger partial charge in [-0.1, -0.05) is 23.8 Å². The third kappa shape index (κ3) is 4.33. The molecule has 2 aromatic rings. The monoisotopic (exact) mass is 354 g/mol. The van der Waals surface area contributed by atoms with Gasteiger partial charge in [0.05, 0.1) is 0 Å². The summed E-state index contributed by atoms with van der Waals surface area (Å²) >= 11 is 0. The zero-order valence-electron chi connectivity index (χ0n) is 15.0. The molecule has 0 bridgehead atoms. The molecule has 0 radical (unpaired) electrons. The molecule has 1 N–H and O–H groups in total. The van der Waals surface area contributed by atoms with Gasteiger partial charge in [0.25, 0.3) is 5.91 Å². The van der Waals surface area contributed by atoms with Gasteiger partial charge in [0.2, 0.25) is 12.7 Å². The maximum absolute atomic E-state index is 12.1. The summed E-state index contributed by atoms with van der Waals surface area (Å²) in [6.45, 7) is 4.99. The second-order valence-corrected chi connectivity index (χ2v) is 6.25. The third-order valence-corrected chi connectivity index (χ3v) is 4.24. The number of hydrogen-bond donors (Lipinski definition) is 1. The van der Waals surface area contributed by atoms with Crippen molar-refractivity contribution in [3.05, 3.63) is 59.2 Å². The molecule has 26 heavy (non-hydrogen) atoms. The number of carbonyl (C=O) groups excluding carboxylic acids is 2. The van der Waals surface area contributed by atoms with E-state index >= 15 is 0 Å². The van der Waals surface area contributed by atoms with E-state index < -0.39 is 0 Å². The molecule has 0 aliphatic carbocycles. The van der Waals surface area contributed by atoms with Crippen LogP contribution in [0.15, 0.2) is 42.5 Å². The van der Waals surface area contributed by atoms with Gasteiger partial charge in [0.1, 0.15) is 0 Å². The van der Waals surface area contributed by atoms with E-state index in [1.54, 1.807) is 17.0 Å². The van der Waals surface area contributed by atoms with Crippen LogP contribution in [0, 0.1) is 6.92 Å². The fourth-order valence-corrected chi connectivity index (χ4v) is 2.72. The second-order valence-electron chi connectivity index (χ2n) is 6.25. The maximum atomic E-state index is 12.1. The molecule has 136 valence electrons. The van der Waals surface area contributed by atoms with Crippen molar-refractivity contribution in [2.45, 2.75) is 20.4 Å². The van der Waals surface area contributed by atoms with Gasteiger partial charge in [-0.25, -0.2) is 0 Å². The molecule has 0 saturated heterocycles. The summed E-state index contributed by atoms with van der Waals surface area (Å²) in [5, 5.41) is 2.85. The highest BCUT2D eigenvalue weighted by Crippen LogP contribution is 2.32. The Kier molecular flexibility index (Phi) is 5.41. The molecule has 6 heteroatoms. The average molecular weight is 354 g/mol. The van der Waals surface area contributed by atoms with Crippen molar-refractivity contribution in [3.8, 4) is 11.5 Å². The number of benzene rings is 2. The number of ether oxygens (including phenoxy) is 2. The van der Waals surface area contributed by atoms with Crippen molar-refractivity contribution >= 4 is 11.8 Å². The van der Waals surface area contributed by atoms with Crippen LogP contribution in [0.2, 0.25) is 0 Å². The minimum atomic E-state index is -0.142. The predicted molar refractivity (Wildman–Crippen MR) is 97.2 cm³/mol. The van der Waals surface area contributed by atoms with E-state index in [0.717, 1.165) is 11.1 Å². The quantitative estimate of drug-likeness (QED) is 0.865. The summed E-state index contributed by atoms with van der Waals surface area (Å²) < 4.78 is 10.7. The number of fused-ring (bicyclic) bond motifs is 1. The van der Waals surface area contributed by atoms with Gasteiger partial charge >= 0.3 is 0 Å². The molecular weight excluding hydrogens is 332 g/mol. The molecule has 0 saturated carbocycles. The SMILES string of the molecule is CC(=O)N(CCNC(=O)c1ccc(C)cc1)Cc1ccc2c(c1)OCO2. The number of nitrogens with zero attached hydrogens (tertiary/aromatic N) is 1. The van der Waals surface area contributed by atoms with E-state index in [0.29, 0.717) is 36.7 Å². The highest BCUT2D eigenvalue weighted by molar-refractivity contribution is 5.94. The molecule has 0 spiro atoms. The highest BCUT2D eigenvalue weighted by Gasteiger charge is 2.16. The van der Waals surface area contributed by atoms with Crippen LogP contribution in [0.25, 0.3) is 0 Å². The fraction of sp³-hybridized carbons (Fsp3) is 0.300. The summed E-state index contributed by atoms with van der Waals surface area (Å²) in [5.41, 5.74) is 2.67. The Morgan fingerprint density at radius 1 is 1.08 bits per heavy atom. The number of hydrogen-bond acceptors (Lipinski definition) is 4. The van der Waals surface area contributed by atoms with Crippen LogP contribution in [0.1, 0.15) is 28.4 Å². The van der Waals surface area contributed by atoms with Crippen molar-refractivity contribution in [2.24, 2.45) is 0 Å². The summed E-state index contributed by atoms with van der Waals surface area (Å²) in [7, 11) is 0. The van der Waals surface area contributed by atoms with Gasteiger partial charge in [-0.15, -0.1) is 0 Å². The Balaban J connectivity index is 1.54. The fourth-order valence-electron chi connectivity index (χ4n) is 2.72. The molecule has 6 nitrogen and oxygen atoms in total. The Bertz CT molecular complexity index is 802. The van der Waals surface area contributed by atoms with Crippen LogP contribution < -0.4 is 14.8 Å². The van der Waals surface area contributed by atoms with E-state index in [2.05, 4.69) is 5.32 Å². The van der Waals surface area contributed by atoms with Crippen molar-refractivity contribution in [1.29, 1.82) is 0 Å². The first-order valence-corrected chi connectivity index (χ1v) is 8.52. The van der Waals surface area contributed by atoms with E-state index in [9.17, 15) is 9.59 Å². The van der Waals surface area contributed by atoms with Crippen LogP contribution in [-0.2, 0) is 11.3 Å². The topological polar surface area (TPSA) is 67.9 Å². The Hall–Kier alpha value is -3.02. The zero-order valence-corrected chi connectivity index (χ0v) is 15.0. The first kappa shape index (κ1) is 17.8. The standard InChI is InChI=1S/C20H22N2O4/c1-14-3-6-17(7-4-14)20(24)21-9-10-22(15(2)23)12-16-5-8-18-19(11-16)26-13-25-18/h3-8,11H,9-10,12-13H2,1-2H3,(H,21,24). The molecule has 2 aromatic carbocycles. The smallest absolute Gasteiger partial charge is 0.251 e. The molecule has 0 unspecified atom stereocenters. The molecule has 1 heterocycles. The molecule has 0 fully saturated rings. The molecule has 1 aliphatic rings. The second kappa shape index (κ2) is 7.91. The summed E-state index contributed by atoms with van der Waals surface area (Å²) in [6, 6.07) is 13.0. The molecule has 3 rings (SSSR count). The lowest BCUT2D eigenvalue weighted by molar-refractivity contribution is -0.129. The number of nitrogens with one attached hydrogen (secondary N) is 1. The average Bonchev–Trinajstić information content (AvgIpc) is 3.09. The largest absolute Gasteiger partial charge is 0.454 e. The van der Waals surface area contributed by atoms with Crippen LogP contribution in [0.3, 0.4) is 0 Å². The Labute approximate surface area is 152 Å². The summed E-state index contributed by atoms with van der Waals surface area (Å²) in [6.07, 6.45) is 0. The number of amides is 2. The van der Waals surface area contributed by atoms with Crippen LogP contribution >= 0.6 is 0 Å². The number of rotatable bonds is 6. The van der Waals surface area contributed by atoms with E-state index in [-0.39, 0.29) is 18.6 Å². The first-order chi connectivity index (χ1) is 12.5. The normalized spacial score (nSPS) is 11.9. The number of carbonyl (C=O) groups is 2. The van der Waals surface area contributed by atoms with Crippen LogP contribution in [0.4, 0.5) is 0 Å². The predicted octanol–water partition coefficient (Wildman–Crippen LogP) is 2.50. The van der Waals surface area contributed by atoms with Crippen molar-refractivity contribution in [2.75, 3.05) is 19.9 Å². The minimum absolute atomic E-state index is 0.0488. The van der Waals surface area contributed by atoms with E-state index in [4.69, 9.17) is 9.47 Å². The zero-order chi connectivity index (χ0) is 18.5. The van der Waals surface area contributed by atoms with Gasteiger partial charge in [-0.05, 0) is 36.8 Å². The van der Waals surface area contributed by atoms with Crippen molar-refractivity contribution < 1.29 is 19.1 Å². The molecule has 0 aromatic heterocycles.